The smallest absolute Gasteiger partial charge is 0.393 e. The second-order valence-corrected chi connectivity index (χ2v) is 5.10. The van der Waals surface area contributed by atoms with Crippen molar-refractivity contribution in [3.8, 4) is 0 Å². The van der Waals surface area contributed by atoms with E-state index in [0.29, 0.717) is 24.2 Å². The molecule has 1 saturated heterocycles. The molecule has 0 bridgehead atoms. The van der Waals surface area contributed by atoms with Gasteiger partial charge in [0, 0.05) is 13.1 Å². The molecule has 3 nitrogen and oxygen atoms in total. The summed E-state index contributed by atoms with van der Waals surface area (Å²) in [7, 11) is 0. The number of nitrogens with zero attached hydrogens (tertiary/aromatic N) is 1. The van der Waals surface area contributed by atoms with Crippen molar-refractivity contribution in [1.82, 2.24) is 0 Å². The SMILES string of the molecule is Cc1cccc(C(=O)O)c1N1CCCC(C(F)(F)F)C1. The van der Waals surface area contributed by atoms with Crippen LogP contribution in [0.2, 0.25) is 0 Å². The number of hydrogen-bond acceptors (Lipinski definition) is 2. The maximum atomic E-state index is 12.8. The Balaban J connectivity index is 2.34. The molecule has 0 radical (unpaired) electrons. The van der Waals surface area contributed by atoms with Crippen molar-refractivity contribution >= 4 is 11.7 Å². The van der Waals surface area contributed by atoms with Gasteiger partial charge in [-0.15, -0.1) is 0 Å². The van der Waals surface area contributed by atoms with Crippen molar-refractivity contribution in [1.29, 1.82) is 0 Å². The molecule has 20 heavy (non-hydrogen) atoms. The molecule has 1 aliphatic rings. The molecule has 110 valence electrons. The van der Waals surface area contributed by atoms with Crippen LogP contribution in [-0.4, -0.2) is 30.3 Å². The highest BCUT2D eigenvalue weighted by Gasteiger charge is 2.42. The van der Waals surface area contributed by atoms with E-state index in [4.69, 9.17) is 0 Å². The fourth-order valence-electron chi connectivity index (χ4n) is 2.70. The molecule has 0 spiro atoms. The van der Waals surface area contributed by atoms with Gasteiger partial charge >= 0.3 is 12.1 Å². The zero-order valence-electron chi connectivity index (χ0n) is 11.1. The number of halogens is 3. The number of aryl methyl sites for hydroxylation is 1. The number of alkyl halides is 3. The average Bonchev–Trinajstić information content (AvgIpc) is 2.37. The van der Waals surface area contributed by atoms with Gasteiger partial charge in [0.15, 0.2) is 0 Å². The first-order valence-electron chi connectivity index (χ1n) is 6.45. The van der Waals surface area contributed by atoms with Crippen LogP contribution in [-0.2, 0) is 0 Å². The van der Waals surface area contributed by atoms with Crippen LogP contribution in [0.4, 0.5) is 18.9 Å². The molecule has 0 amide bonds. The third-order valence-corrected chi connectivity index (χ3v) is 3.67. The van der Waals surface area contributed by atoms with Gasteiger partial charge in [0.05, 0.1) is 17.2 Å². The Bertz CT molecular complexity index is 514. The van der Waals surface area contributed by atoms with Crippen LogP contribution in [0.3, 0.4) is 0 Å². The van der Waals surface area contributed by atoms with Gasteiger partial charge in [0.1, 0.15) is 0 Å². The number of para-hydroxylation sites is 1. The molecule has 1 aromatic rings. The second-order valence-electron chi connectivity index (χ2n) is 5.10. The molecule has 6 heteroatoms. The van der Waals surface area contributed by atoms with Crippen molar-refractivity contribution in [3.05, 3.63) is 29.3 Å². The van der Waals surface area contributed by atoms with Crippen LogP contribution >= 0.6 is 0 Å². The Morgan fingerprint density at radius 2 is 2.10 bits per heavy atom. The highest BCUT2D eigenvalue weighted by molar-refractivity contribution is 5.95. The number of hydrogen-bond donors (Lipinski definition) is 1. The first-order chi connectivity index (χ1) is 9.30. The monoisotopic (exact) mass is 287 g/mol. The molecule has 1 unspecified atom stereocenters. The highest BCUT2D eigenvalue weighted by Crippen LogP contribution is 2.36. The molecule has 1 aliphatic heterocycles. The minimum absolute atomic E-state index is 0.0628. The van der Waals surface area contributed by atoms with Crippen molar-refractivity contribution < 1.29 is 23.1 Å². The summed E-state index contributed by atoms with van der Waals surface area (Å²) in [5, 5.41) is 9.20. The predicted octanol–water partition coefficient (Wildman–Crippen LogP) is 3.47. The summed E-state index contributed by atoms with van der Waals surface area (Å²) in [4.78, 5) is 12.8. The van der Waals surface area contributed by atoms with Gasteiger partial charge in [-0.2, -0.15) is 13.2 Å². The number of carboxylic acid groups (broad SMARTS) is 1. The first kappa shape index (κ1) is 14.7. The van der Waals surface area contributed by atoms with Crippen molar-refractivity contribution in [2.45, 2.75) is 25.9 Å². The zero-order chi connectivity index (χ0) is 14.9. The Labute approximate surface area is 115 Å². The summed E-state index contributed by atoms with van der Waals surface area (Å²) < 4.78 is 38.5. The van der Waals surface area contributed by atoms with E-state index in [1.807, 2.05) is 0 Å². The van der Waals surface area contributed by atoms with Gasteiger partial charge in [0.25, 0.3) is 0 Å². The van der Waals surface area contributed by atoms with Gasteiger partial charge in [-0.1, -0.05) is 12.1 Å². The van der Waals surface area contributed by atoms with Crippen LogP contribution in [0.25, 0.3) is 0 Å². The standard InChI is InChI=1S/C14H16F3NO2/c1-9-4-2-6-11(13(19)20)12(9)18-7-3-5-10(8-18)14(15,16)17/h2,4,6,10H,3,5,7-8H2,1H3,(H,19,20). The topological polar surface area (TPSA) is 40.5 Å². The fraction of sp³-hybridized carbons (Fsp3) is 0.500. The molecule has 1 N–H and O–H groups in total. The Kier molecular flexibility index (Phi) is 3.92. The second kappa shape index (κ2) is 5.34. The van der Waals surface area contributed by atoms with Crippen molar-refractivity contribution in [3.63, 3.8) is 0 Å². The van der Waals surface area contributed by atoms with Gasteiger partial charge in [-0.05, 0) is 31.4 Å². The summed E-state index contributed by atoms with van der Waals surface area (Å²) in [5.41, 5.74) is 1.16. The molecule has 1 aromatic carbocycles. The number of aromatic carboxylic acids is 1. The number of piperidine rings is 1. The molecule has 0 aromatic heterocycles. The highest BCUT2D eigenvalue weighted by atomic mass is 19.4. The van der Waals surface area contributed by atoms with E-state index in [-0.39, 0.29) is 18.5 Å². The lowest BCUT2D eigenvalue weighted by Crippen LogP contribution is -2.42. The summed E-state index contributed by atoms with van der Waals surface area (Å²) >= 11 is 0. The van der Waals surface area contributed by atoms with Crippen LogP contribution in [0, 0.1) is 12.8 Å². The van der Waals surface area contributed by atoms with Crippen LogP contribution in [0.15, 0.2) is 18.2 Å². The van der Waals surface area contributed by atoms with Gasteiger partial charge in [-0.25, -0.2) is 4.79 Å². The minimum atomic E-state index is -4.23. The average molecular weight is 287 g/mol. The van der Waals surface area contributed by atoms with E-state index >= 15 is 0 Å². The van der Waals surface area contributed by atoms with Crippen molar-refractivity contribution in [2.75, 3.05) is 18.0 Å². The van der Waals surface area contributed by atoms with Crippen LogP contribution < -0.4 is 4.90 Å². The largest absolute Gasteiger partial charge is 0.478 e. The lowest BCUT2D eigenvalue weighted by Gasteiger charge is -2.36. The van der Waals surface area contributed by atoms with E-state index in [1.165, 1.54) is 6.07 Å². The van der Waals surface area contributed by atoms with E-state index in [1.54, 1.807) is 24.0 Å². The van der Waals surface area contributed by atoms with Crippen LogP contribution in [0.1, 0.15) is 28.8 Å². The van der Waals surface area contributed by atoms with Gasteiger partial charge < -0.3 is 10.0 Å². The summed E-state index contributed by atoms with van der Waals surface area (Å²) in [6.45, 7) is 2.01. The Morgan fingerprint density at radius 3 is 2.70 bits per heavy atom. The van der Waals surface area contributed by atoms with E-state index in [0.717, 1.165) is 0 Å². The van der Waals surface area contributed by atoms with E-state index < -0.39 is 18.1 Å². The number of benzene rings is 1. The number of rotatable bonds is 2. The zero-order valence-corrected chi connectivity index (χ0v) is 11.1. The van der Waals surface area contributed by atoms with E-state index in [9.17, 15) is 23.1 Å². The third kappa shape index (κ3) is 2.89. The van der Waals surface area contributed by atoms with Crippen LogP contribution in [0.5, 0.6) is 0 Å². The predicted molar refractivity (Wildman–Crippen MR) is 69.1 cm³/mol. The molecule has 1 fully saturated rings. The fourth-order valence-corrected chi connectivity index (χ4v) is 2.70. The van der Waals surface area contributed by atoms with Crippen molar-refractivity contribution in [2.24, 2.45) is 5.92 Å². The lowest BCUT2D eigenvalue weighted by molar-refractivity contribution is -0.176. The Hall–Kier alpha value is -1.72. The minimum Gasteiger partial charge on any atom is -0.478 e. The number of carboxylic acids is 1. The summed E-state index contributed by atoms with van der Waals surface area (Å²) in [5.74, 6) is -2.50. The third-order valence-electron chi connectivity index (χ3n) is 3.67. The maximum absolute atomic E-state index is 12.8. The molecule has 1 atom stereocenters. The maximum Gasteiger partial charge on any atom is 0.393 e. The molecule has 2 rings (SSSR count). The number of anilines is 1. The first-order valence-corrected chi connectivity index (χ1v) is 6.45. The van der Waals surface area contributed by atoms with E-state index in [2.05, 4.69) is 0 Å². The lowest BCUT2D eigenvalue weighted by atomic mass is 9.95. The molecule has 1 heterocycles. The molecular formula is C14H16F3NO2. The molecule has 0 saturated carbocycles. The quantitative estimate of drug-likeness (QED) is 0.905. The van der Waals surface area contributed by atoms with Gasteiger partial charge in [0.2, 0.25) is 0 Å². The number of carbonyl (C=O) groups is 1. The molecule has 0 aliphatic carbocycles. The Morgan fingerprint density at radius 1 is 1.40 bits per heavy atom. The summed E-state index contributed by atoms with van der Waals surface area (Å²) in [6, 6.07) is 4.76. The normalized spacial score (nSPS) is 20.0. The molecular weight excluding hydrogens is 271 g/mol. The van der Waals surface area contributed by atoms with Gasteiger partial charge in [-0.3, -0.25) is 0 Å². The summed E-state index contributed by atoms with van der Waals surface area (Å²) in [6.07, 6.45) is -3.71.